The predicted molar refractivity (Wildman–Crippen MR) is 110 cm³/mol. The molecular formula is C19H33N5O2S. The van der Waals surface area contributed by atoms with Crippen LogP contribution in [0.4, 0.5) is 0 Å². The number of primary sulfonamides is 1. The molecule has 8 heteroatoms. The number of benzene rings is 1. The molecule has 0 aliphatic carbocycles. The van der Waals surface area contributed by atoms with Gasteiger partial charge in [0, 0.05) is 18.6 Å². The molecule has 1 aromatic rings. The van der Waals surface area contributed by atoms with E-state index in [-0.39, 0.29) is 10.4 Å². The molecule has 1 aliphatic rings. The van der Waals surface area contributed by atoms with Crippen LogP contribution in [-0.2, 0) is 16.6 Å². The van der Waals surface area contributed by atoms with Gasteiger partial charge in [0.2, 0.25) is 10.0 Å². The second kappa shape index (κ2) is 9.52. The second-order valence-electron chi connectivity index (χ2n) is 7.60. The zero-order valence-electron chi connectivity index (χ0n) is 16.7. The van der Waals surface area contributed by atoms with Crippen molar-refractivity contribution in [3.63, 3.8) is 0 Å². The van der Waals surface area contributed by atoms with Crippen LogP contribution in [0.15, 0.2) is 34.2 Å². The topological polar surface area (TPSA) is 99.8 Å². The summed E-state index contributed by atoms with van der Waals surface area (Å²) in [6.45, 7) is 10.7. The maximum atomic E-state index is 11.5. The molecule has 1 fully saturated rings. The van der Waals surface area contributed by atoms with E-state index in [0.29, 0.717) is 6.54 Å². The number of guanidine groups is 1. The van der Waals surface area contributed by atoms with Gasteiger partial charge in [-0.15, -0.1) is 0 Å². The molecule has 1 saturated heterocycles. The van der Waals surface area contributed by atoms with Crippen LogP contribution in [0.2, 0.25) is 0 Å². The highest BCUT2D eigenvalue weighted by molar-refractivity contribution is 7.89. The van der Waals surface area contributed by atoms with Crippen LogP contribution in [0.3, 0.4) is 0 Å². The molecule has 0 radical (unpaired) electrons. The minimum absolute atomic E-state index is 0.0458. The van der Waals surface area contributed by atoms with Gasteiger partial charge in [-0.1, -0.05) is 18.6 Å². The zero-order valence-corrected chi connectivity index (χ0v) is 17.5. The molecule has 0 atom stereocenters. The summed E-state index contributed by atoms with van der Waals surface area (Å²) >= 11 is 0. The Balaban J connectivity index is 2.01. The van der Waals surface area contributed by atoms with Gasteiger partial charge in [0.15, 0.2) is 5.96 Å². The lowest BCUT2D eigenvalue weighted by molar-refractivity contribution is 0.0982. The number of nitrogens with one attached hydrogen (secondary N) is 2. The van der Waals surface area contributed by atoms with E-state index in [9.17, 15) is 8.42 Å². The Morgan fingerprint density at radius 2 is 1.93 bits per heavy atom. The number of hydrogen-bond acceptors (Lipinski definition) is 4. The molecule has 0 spiro atoms. The van der Waals surface area contributed by atoms with Crippen molar-refractivity contribution in [2.24, 2.45) is 10.1 Å². The quantitative estimate of drug-likeness (QED) is 0.482. The van der Waals surface area contributed by atoms with Crippen LogP contribution in [0.1, 0.15) is 45.6 Å². The van der Waals surface area contributed by atoms with Crippen molar-refractivity contribution in [3.8, 4) is 0 Å². The number of rotatable bonds is 7. The molecule has 0 unspecified atom stereocenters. The maximum absolute atomic E-state index is 11.5. The maximum Gasteiger partial charge on any atom is 0.238 e. The van der Waals surface area contributed by atoms with E-state index in [4.69, 9.17) is 5.14 Å². The van der Waals surface area contributed by atoms with Crippen molar-refractivity contribution in [3.05, 3.63) is 29.8 Å². The van der Waals surface area contributed by atoms with Gasteiger partial charge >= 0.3 is 0 Å². The molecule has 27 heavy (non-hydrogen) atoms. The SMILES string of the molecule is CCNC(=NCc1cccc(S(N)(=O)=O)c1)NCC(C)(C)N1CCCCC1. The summed E-state index contributed by atoms with van der Waals surface area (Å²) in [4.78, 5) is 7.24. The lowest BCUT2D eigenvalue weighted by Gasteiger charge is -2.41. The van der Waals surface area contributed by atoms with E-state index in [2.05, 4.69) is 34.4 Å². The molecule has 0 saturated carbocycles. The van der Waals surface area contributed by atoms with Gasteiger partial charge in [0.1, 0.15) is 0 Å². The summed E-state index contributed by atoms with van der Waals surface area (Å²) < 4.78 is 23.0. The average Bonchev–Trinajstić information content (AvgIpc) is 2.64. The summed E-state index contributed by atoms with van der Waals surface area (Å²) in [5, 5.41) is 11.9. The lowest BCUT2D eigenvalue weighted by atomic mass is 9.98. The van der Waals surface area contributed by atoms with Crippen molar-refractivity contribution < 1.29 is 8.42 Å². The first-order valence-electron chi connectivity index (χ1n) is 9.61. The van der Waals surface area contributed by atoms with E-state index >= 15 is 0 Å². The smallest absolute Gasteiger partial charge is 0.238 e. The number of aliphatic imine (C=N–C) groups is 1. The van der Waals surface area contributed by atoms with Gasteiger partial charge in [-0.2, -0.15) is 0 Å². The van der Waals surface area contributed by atoms with Crippen LogP contribution in [-0.4, -0.2) is 51.0 Å². The van der Waals surface area contributed by atoms with Gasteiger partial charge in [-0.05, 0) is 64.4 Å². The van der Waals surface area contributed by atoms with Gasteiger partial charge in [0.25, 0.3) is 0 Å². The van der Waals surface area contributed by atoms with Gasteiger partial charge < -0.3 is 10.6 Å². The first-order chi connectivity index (χ1) is 12.7. The van der Waals surface area contributed by atoms with E-state index in [1.54, 1.807) is 12.1 Å². The van der Waals surface area contributed by atoms with Crippen molar-refractivity contribution in [2.75, 3.05) is 26.2 Å². The Morgan fingerprint density at radius 1 is 1.22 bits per heavy atom. The first-order valence-corrected chi connectivity index (χ1v) is 11.2. The molecule has 152 valence electrons. The monoisotopic (exact) mass is 395 g/mol. The number of likely N-dealkylation sites (tertiary alicyclic amines) is 1. The highest BCUT2D eigenvalue weighted by Crippen LogP contribution is 2.19. The molecule has 0 amide bonds. The highest BCUT2D eigenvalue weighted by atomic mass is 32.2. The van der Waals surface area contributed by atoms with E-state index in [0.717, 1.165) is 37.7 Å². The summed E-state index contributed by atoms with van der Waals surface area (Å²) in [6.07, 6.45) is 3.84. The molecule has 4 N–H and O–H groups in total. The van der Waals surface area contributed by atoms with Crippen molar-refractivity contribution >= 4 is 16.0 Å². The van der Waals surface area contributed by atoms with Gasteiger partial charge in [0.05, 0.1) is 11.4 Å². The summed E-state index contributed by atoms with van der Waals surface area (Å²) in [5.74, 6) is 0.726. The molecule has 0 aromatic heterocycles. The van der Waals surface area contributed by atoms with Crippen LogP contribution in [0.25, 0.3) is 0 Å². The van der Waals surface area contributed by atoms with Crippen LogP contribution in [0, 0.1) is 0 Å². The van der Waals surface area contributed by atoms with Crippen molar-refractivity contribution in [1.29, 1.82) is 0 Å². The largest absolute Gasteiger partial charge is 0.357 e. The van der Waals surface area contributed by atoms with E-state index < -0.39 is 10.0 Å². The highest BCUT2D eigenvalue weighted by Gasteiger charge is 2.27. The lowest BCUT2D eigenvalue weighted by Crippen LogP contribution is -2.54. The summed E-state index contributed by atoms with van der Waals surface area (Å²) in [5.41, 5.74) is 0.846. The normalized spacial score (nSPS) is 17.0. The molecule has 7 nitrogen and oxygen atoms in total. The van der Waals surface area contributed by atoms with Crippen LogP contribution < -0.4 is 15.8 Å². The van der Waals surface area contributed by atoms with E-state index in [1.165, 1.54) is 25.3 Å². The molecule has 1 aromatic carbocycles. The molecule has 2 rings (SSSR count). The van der Waals surface area contributed by atoms with Crippen LogP contribution in [0.5, 0.6) is 0 Å². The minimum Gasteiger partial charge on any atom is -0.357 e. The number of sulfonamides is 1. The Bertz CT molecular complexity index is 740. The van der Waals surface area contributed by atoms with Gasteiger partial charge in [-0.25, -0.2) is 18.5 Å². The van der Waals surface area contributed by atoms with Gasteiger partial charge in [-0.3, -0.25) is 4.90 Å². The fourth-order valence-corrected chi connectivity index (χ4v) is 3.83. The third-order valence-corrected chi connectivity index (χ3v) is 5.80. The minimum atomic E-state index is -3.70. The molecule has 0 bridgehead atoms. The van der Waals surface area contributed by atoms with Crippen LogP contribution >= 0.6 is 0 Å². The van der Waals surface area contributed by atoms with E-state index in [1.807, 2.05) is 13.0 Å². The zero-order chi connectivity index (χ0) is 19.9. The average molecular weight is 396 g/mol. The molecule has 1 aliphatic heterocycles. The third-order valence-electron chi connectivity index (χ3n) is 4.89. The Labute approximate surface area is 163 Å². The predicted octanol–water partition coefficient (Wildman–Crippen LogP) is 1.65. The number of piperidine rings is 1. The molecule has 1 heterocycles. The Hall–Kier alpha value is -1.64. The fourth-order valence-electron chi connectivity index (χ4n) is 3.24. The third kappa shape index (κ3) is 6.79. The van der Waals surface area contributed by atoms with Crippen molar-refractivity contribution in [1.82, 2.24) is 15.5 Å². The number of nitrogens with zero attached hydrogens (tertiary/aromatic N) is 2. The first kappa shape index (κ1) is 21.7. The van der Waals surface area contributed by atoms with Crippen molar-refractivity contribution in [2.45, 2.75) is 57.0 Å². The Morgan fingerprint density at radius 3 is 2.56 bits per heavy atom. The Kier molecular flexibility index (Phi) is 7.64. The second-order valence-corrected chi connectivity index (χ2v) is 9.16. The fraction of sp³-hybridized carbons (Fsp3) is 0.632. The number of hydrogen-bond donors (Lipinski definition) is 3. The summed E-state index contributed by atoms with van der Waals surface area (Å²) in [7, 11) is -3.70. The summed E-state index contributed by atoms with van der Waals surface area (Å²) in [6, 6.07) is 6.59. The standard InChI is InChI=1S/C19H33N5O2S/c1-4-21-18(23-15-19(2,3)24-11-6-5-7-12-24)22-14-16-9-8-10-17(13-16)27(20,25)26/h8-10,13H,4-7,11-12,14-15H2,1-3H3,(H2,20,25,26)(H2,21,22,23). The number of nitrogens with two attached hydrogens (primary N) is 1. The molecular weight excluding hydrogens is 362 g/mol.